The lowest BCUT2D eigenvalue weighted by Gasteiger charge is -2.36. The number of halogens is 1. The van der Waals surface area contributed by atoms with E-state index < -0.39 is 17.4 Å². The minimum absolute atomic E-state index is 0.0646. The van der Waals surface area contributed by atoms with Crippen LogP contribution in [0.15, 0.2) is 120 Å². The molecule has 2 N–H and O–H groups in total. The highest BCUT2D eigenvalue weighted by atomic mass is 79.9. The van der Waals surface area contributed by atoms with Gasteiger partial charge >= 0.3 is 5.97 Å². The van der Waals surface area contributed by atoms with Crippen LogP contribution in [-0.4, -0.2) is 23.0 Å². The van der Waals surface area contributed by atoms with Gasteiger partial charge in [-0.1, -0.05) is 119 Å². The van der Waals surface area contributed by atoms with Gasteiger partial charge < -0.3 is 10.4 Å². The number of carboxylic acid groups (broad SMARTS) is 1. The number of rotatable bonds is 9. The number of hydrogen-bond acceptors (Lipinski definition) is 2. The Morgan fingerprint density at radius 2 is 1.14 bits per heavy atom. The Morgan fingerprint density at radius 1 is 0.714 bits per heavy atom. The lowest BCUT2D eigenvalue weighted by molar-refractivity contribution is -0.141. The summed E-state index contributed by atoms with van der Waals surface area (Å²) in [5, 5.41) is 12.7. The topological polar surface area (TPSA) is 66.4 Å². The van der Waals surface area contributed by atoms with Gasteiger partial charge in [-0.25, -0.2) is 4.79 Å². The first-order chi connectivity index (χ1) is 17.0. The first kappa shape index (κ1) is 24.4. The zero-order chi connectivity index (χ0) is 24.7. The summed E-state index contributed by atoms with van der Waals surface area (Å²) >= 11 is 3.39. The first-order valence-corrected chi connectivity index (χ1v) is 12.2. The van der Waals surface area contributed by atoms with Crippen LogP contribution < -0.4 is 5.32 Å². The van der Waals surface area contributed by atoms with Crippen molar-refractivity contribution in [3.8, 4) is 0 Å². The molecule has 0 bridgehead atoms. The van der Waals surface area contributed by atoms with Gasteiger partial charge in [0, 0.05) is 17.3 Å². The normalized spacial score (nSPS) is 12.0. The highest BCUT2D eigenvalue weighted by molar-refractivity contribution is 9.10. The van der Waals surface area contributed by atoms with Crippen molar-refractivity contribution in [1.82, 2.24) is 5.32 Å². The summed E-state index contributed by atoms with van der Waals surface area (Å²) in [4.78, 5) is 25.6. The predicted octanol–water partition coefficient (Wildman–Crippen LogP) is 5.99. The molecule has 1 amide bonds. The summed E-state index contributed by atoms with van der Waals surface area (Å²) < 4.78 is 0.913. The molecule has 4 aromatic carbocycles. The third kappa shape index (κ3) is 5.69. The molecule has 0 heterocycles. The average molecular weight is 528 g/mol. The van der Waals surface area contributed by atoms with Crippen molar-refractivity contribution in [2.75, 3.05) is 0 Å². The third-order valence-corrected chi connectivity index (χ3v) is 6.74. The second-order valence-corrected chi connectivity index (χ2v) is 9.38. The van der Waals surface area contributed by atoms with Crippen molar-refractivity contribution < 1.29 is 14.7 Å². The van der Waals surface area contributed by atoms with Crippen molar-refractivity contribution in [3.63, 3.8) is 0 Å². The van der Waals surface area contributed by atoms with Gasteiger partial charge in [-0.3, -0.25) is 4.79 Å². The first-order valence-electron chi connectivity index (χ1n) is 11.4. The van der Waals surface area contributed by atoms with Gasteiger partial charge in [-0.2, -0.15) is 0 Å². The Bertz CT molecular complexity index is 1160. The van der Waals surface area contributed by atoms with Crippen LogP contribution in [0.1, 0.15) is 28.7 Å². The van der Waals surface area contributed by atoms with Gasteiger partial charge in [-0.15, -0.1) is 0 Å². The molecule has 0 aromatic heterocycles. The summed E-state index contributed by atoms with van der Waals surface area (Å²) in [7, 11) is 0. The van der Waals surface area contributed by atoms with Crippen molar-refractivity contribution in [2.45, 2.75) is 24.3 Å². The van der Waals surface area contributed by atoms with E-state index in [4.69, 9.17) is 0 Å². The number of carboxylic acids is 1. The minimum Gasteiger partial charge on any atom is -0.480 e. The summed E-state index contributed by atoms with van der Waals surface area (Å²) in [6.07, 6.45) is 0.262. The molecule has 0 saturated carbocycles. The molecule has 4 aromatic rings. The number of aliphatic carboxylic acids is 1. The van der Waals surface area contributed by atoms with Crippen molar-refractivity contribution in [2.24, 2.45) is 0 Å². The summed E-state index contributed by atoms with van der Waals surface area (Å²) in [5.74, 6) is -1.39. The van der Waals surface area contributed by atoms with Crippen molar-refractivity contribution in [3.05, 3.63) is 142 Å². The van der Waals surface area contributed by atoms with Crippen molar-refractivity contribution >= 4 is 27.8 Å². The van der Waals surface area contributed by atoms with Crippen LogP contribution in [-0.2, 0) is 21.4 Å². The number of hydrogen-bond donors (Lipinski definition) is 2. The fourth-order valence-corrected chi connectivity index (χ4v) is 4.78. The molecule has 0 unspecified atom stereocenters. The van der Waals surface area contributed by atoms with E-state index in [0.717, 1.165) is 26.7 Å². The lowest BCUT2D eigenvalue weighted by atomic mass is 9.67. The molecule has 0 aliphatic carbocycles. The molecule has 1 atom stereocenters. The Labute approximate surface area is 213 Å². The average Bonchev–Trinajstić information content (AvgIpc) is 2.89. The largest absolute Gasteiger partial charge is 0.480 e. The van der Waals surface area contributed by atoms with Gasteiger partial charge in [-0.05, 0) is 34.4 Å². The molecule has 4 rings (SSSR count). The highest BCUT2D eigenvalue weighted by Crippen LogP contribution is 2.42. The fraction of sp³-hybridized carbons (Fsp3) is 0.133. The van der Waals surface area contributed by atoms with Gasteiger partial charge in [0.25, 0.3) is 0 Å². The molecule has 35 heavy (non-hydrogen) atoms. The molecular formula is C30H26BrNO3. The number of carbonyl (C=O) groups is 2. The van der Waals surface area contributed by atoms with E-state index >= 15 is 0 Å². The SMILES string of the molecule is O=C(CC(c1ccccc1)(c1ccccc1)c1ccccc1)N[C@H](Cc1ccc(Br)cc1)C(=O)O. The number of nitrogens with one attached hydrogen (secondary N) is 1. The van der Waals surface area contributed by atoms with Crippen LogP contribution in [0, 0.1) is 0 Å². The standard InChI is InChI=1S/C30H26BrNO3/c31-26-18-16-22(17-19-26)20-27(29(34)35)32-28(33)21-30(23-10-4-1-5-11-23,24-12-6-2-7-13-24)25-14-8-3-9-15-25/h1-19,27H,20-21H2,(H,32,33)(H,34,35)/t27-/m1/s1. The lowest BCUT2D eigenvalue weighted by Crippen LogP contribution is -2.45. The molecule has 176 valence electrons. The fourth-order valence-electron chi connectivity index (χ4n) is 4.52. The maximum Gasteiger partial charge on any atom is 0.326 e. The second kappa shape index (κ2) is 11.2. The monoisotopic (exact) mass is 527 g/mol. The second-order valence-electron chi connectivity index (χ2n) is 8.47. The third-order valence-electron chi connectivity index (χ3n) is 6.21. The Morgan fingerprint density at radius 3 is 1.54 bits per heavy atom. The Hall–Kier alpha value is -3.70. The van der Waals surface area contributed by atoms with Gasteiger partial charge in [0.15, 0.2) is 0 Å². The molecule has 0 aliphatic heterocycles. The maximum absolute atomic E-state index is 13.6. The van der Waals surface area contributed by atoms with Crippen molar-refractivity contribution in [1.29, 1.82) is 0 Å². The summed E-state index contributed by atoms with van der Waals surface area (Å²) in [6, 6.07) is 36.1. The number of carbonyl (C=O) groups excluding carboxylic acids is 1. The van der Waals surface area contributed by atoms with E-state index in [1.54, 1.807) is 0 Å². The van der Waals surface area contributed by atoms with E-state index in [2.05, 4.69) is 21.2 Å². The summed E-state index contributed by atoms with van der Waals surface area (Å²) in [5.41, 5.74) is 2.95. The van der Waals surface area contributed by atoms with Crippen LogP contribution in [0.5, 0.6) is 0 Å². The molecule has 0 spiro atoms. The predicted molar refractivity (Wildman–Crippen MR) is 141 cm³/mol. The van der Waals surface area contributed by atoms with E-state index in [0.29, 0.717) is 0 Å². The maximum atomic E-state index is 13.6. The molecular weight excluding hydrogens is 502 g/mol. The van der Waals surface area contributed by atoms with Crippen LogP contribution in [0.4, 0.5) is 0 Å². The molecule has 5 heteroatoms. The van der Waals surface area contributed by atoms with E-state index in [1.165, 1.54) is 0 Å². The minimum atomic E-state index is -1.06. The molecule has 0 fully saturated rings. The van der Waals surface area contributed by atoms with E-state index in [9.17, 15) is 14.7 Å². The Kier molecular flexibility index (Phi) is 7.78. The van der Waals surface area contributed by atoms with Gasteiger partial charge in [0.2, 0.25) is 5.91 Å². The van der Waals surface area contributed by atoms with E-state index in [-0.39, 0.29) is 18.7 Å². The van der Waals surface area contributed by atoms with E-state index in [1.807, 2.05) is 115 Å². The van der Waals surface area contributed by atoms with Crippen LogP contribution >= 0.6 is 15.9 Å². The van der Waals surface area contributed by atoms with Gasteiger partial charge in [0.1, 0.15) is 6.04 Å². The van der Waals surface area contributed by atoms with Crippen LogP contribution in [0.25, 0.3) is 0 Å². The number of amides is 1. The number of benzene rings is 4. The van der Waals surface area contributed by atoms with Crippen LogP contribution in [0.3, 0.4) is 0 Å². The van der Waals surface area contributed by atoms with Crippen LogP contribution in [0.2, 0.25) is 0 Å². The molecule has 0 saturated heterocycles. The summed E-state index contributed by atoms with van der Waals surface area (Å²) in [6.45, 7) is 0. The highest BCUT2D eigenvalue weighted by Gasteiger charge is 2.39. The zero-order valence-corrected chi connectivity index (χ0v) is 20.7. The molecule has 0 radical (unpaired) electrons. The van der Waals surface area contributed by atoms with Gasteiger partial charge in [0.05, 0.1) is 5.41 Å². The quantitative estimate of drug-likeness (QED) is 0.263. The zero-order valence-electron chi connectivity index (χ0n) is 19.1. The molecule has 0 aliphatic rings. The smallest absolute Gasteiger partial charge is 0.326 e. The molecule has 4 nitrogen and oxygen atoms in total. The Balaban J connectivity index is 1.72.